The van der Waals surface area contributed by atoms with Gasteiger partial charge in [0.15, 0.2) is 19.8 Å². The lowest BCUT2D eigenvalue weighted by atomic mass is 9.78. The molecular weight excluding hydrogens is 941 g/mol. The third-order valence-corrected chi connectivity index (χ3v) is 13.6. The minimum atomic E-state index is -1.18. The summed E-state index contributed by atoms with van der Waals surface area (Å²) in [4.78, 5) is 36.2. The summed E-state index contributed by atoms with van der Waals surface area (Å²) in [5.41, 5.74) is 13.8. The highest BCUT2D eigenvalue weighted by atomic mass is 16.5. The summed E-state index contributed by atoms with van der Waals surface area (Å²) in [5.74, 6) is -3.23. The molecule has 0 amide bonds. The molecule has 7 aromatic rings. The summed E-state index contributed by atoms with van der Waals surface area (Å²) in [6.45, 7) is 14.8. The molecule has 384 valence electrons. The first kappa shape index (κ1) is 53.4. The fourth-order valence-corrected chi connectivity index (χ4v) is 9.90. The smallest absolute Gasteiger partial charge is 0.341 e. The van der Waals surface area contributed by atoms with Crippen LogP contribution in [-0.4, -0.2) is 73.5 Å². The average Bonchev–Trinajstić information content (AvgIpc) is 3.32. The maximum atomic E-state index is 12.2. The van der Waals surface area contributed by atoms with E-state index in [1.807, 2.05) is 95.3 Å². The Morgan fingerprint density at radius 1 is 0.378 bits per heavy atom. The van der Waals surface area contributed by atoms with Gasteiger partial charge in [-0.25, -0.2) is 14.4 Å². The maximum Gasteiger partial charge on any atom is 0.341 e. The van der Waals surface area contributed by atoms with Crippen LogP contribution < -0.4 is 14.2 Å². The number of hydrogen-bond donors (Lipinski definition) is 7. The average molecular weight is 1000 g/mol. The second-order valence-electron chi connectivity index (χ2n) is 19.4. The number of benzene rings is 7. The summed E-state index contributed by atoms with van der Waals surface area (Å²) >= 11 is 0. The van der Waals surface area contributed by atoms with E-state index in [4.69, 9.17) is 14.2 Å². The molecule has 0 radical (unpaired) electrons. The van der Waals surface area contributed by atoms with Gasteiger partial charge in [-0.1, -0.05) is 66.2 Å². The van der Waals surface area contributed by atoms with Crippen molar-refractivity contribution >= 4 is 17.9 Å². The van der Waals surface area contributed by atoms with Crippen molar-refractivity contribution in [1.29, 1.82) is 0 Å². The van der Waals surface area contributed by atoms with E-state index >= 15 is 0 Å². The molecule has 13 heteroatoms. The van der Waals surface area contributed by atoms with Crippen LogP contribution in [0, 0.1) is 62.3 Å². The zero-order valence-corrected chi connectivity index (χ0v) is 43.0. The highest BCUT2D eigenvalue weighted by Crippen LogP contribution is 2.46. The van der Waals surface area contributed by atoms with Crippen molar-refractivity contribution in [3.8, 4) is 40.2 Å². The van der Waals surface area contributed by atoms with Gasteiger partial charge in [0.1, 0.15) is 40.2 Å². The zero-order chi connectivity index (χ0) is 53.9. The molecule has 0 fully saturated rings. The fraction of sp³-hybridized carbons (Fsp3) is 0.262. The Hall–Kier alpha value is -8.45. The van der Waals surface area contributed by atoms with Crippen LogP contribution in [0.3, 0.4) is 0 Å². The predicted molar refractivity (Wildman–Crippen MR) is 281 cm³/mol. The van der Waals surface area contributed by atoms with Gasteiger partial charge in [0.2, 0.25) is 0 Å². The molecule has 0 aromatic heterocycles. The van der Waals surface area contributed by atoms with Crippen LogP contribution in [0.25, 0.3) is 0 Å². The van der Waals surface area contributed by atoms with E-state index in [2.05, 4.69) is 0 Å². The molecule has 0 saturated heterocycles. The first-order chi connectivity index (χ1) is 35.0. The molecular formula is C61H62O13. The van der Waals surface area contributed by atoms with Crippen LogP contribution in [0.2, 0.25) is 0 Å². The Labute approximate surface area is 430 Å². The van der Waals surface area contributed by atoms with E-state index in [0.29, 0.717) is 61.8 Å². The molecule has 0 aliphatic rings. The van der Waals surface area contributed by atoms with Gasteiger partial charge in [-0.2, -0.15) is 0 Å². The van der Waals surface area contributed by atoms with Gasteiger partial charge in [0.05, 0.1) is 0 Å². The minimum Gasteiger partial charge on any atom is -0.508 e. The van der Waals surface area contributed by atoms with Crippen LogP contribution in [0.15, 0.2) is 97.1 Å². The number of carbonyl (C=O) groups is 3. The van der Waals surface area contributed by atoms with Crippen molar-refractivity contribution in [3.05, 3.63) is 203 Å². The predicted octanol–water partition coefficient (Wildman–Crippen LogP) is 11.2. The Morgan fingerprint density at radius 2 is 0.676 bits per heavy atom. The maximum absolute atomic E-state index is 12.2. The number of hydrogen-bond acceptors (Lipinski definition) is 10. The quantitative estimate of drug-likeness (QED) is 0.0375. The van der Waals surface area contributed by atoms with E-state index in [1.165, 1.54) is 0 Å². The number of carboxylic acid groups (broad SMARTS) is 3. The van der Waals surface area contributed by atoms with E-state index in [9.17, 15) is 50.1 Å². The molecule has 7 aromatic carbocycles. The summed E-state index contributed by atoms with van der Waals surface area (Å²) in [6, 6.07) is 29.2. The number of carboxylic acids is 3. The molecule has 0 atom stereocenters. The van der Waals surface area contributed by atoms with Crippen LogP contribution >= 0.6 is 0 Å². The van der Waals surface area contributed by atoms with Gasteiger partial charge in [0, 0.05) is 35.8 Å². The van der Waals surface area contributed by atoms with Gasteiger partial charge in [-0.3, -0.25) is 0 Å². The van der Waals surface area contributed by atoms with Gasteiger partial charge < -0.3 is 50.0 Å². The largest absolute Gasteiger partial charge is 0.508 e. The van der Waals surface area contributed by atoms with Crippen molar-refractivity contribution in [2.75, 3.05) is 19.8 Å². The Balaban J connectivity index is 1.41. The highest BCUT2D eigenvalue weighted by Gasteiger charge is 2.29. The summed E-state index contributed by atoms with van der Waals surface area (Å²) in [5, 5.41) is 72.6. The molecule has 0 heterocycles. The van der Waals surface area contributed by atoms with Crippen LogP contribution in [0.4, 0.5) is 0 Å². The number of phenols is 4. The van der Waals surface area contributed by atoms with E-state index in [1.54, 1.807) is 64.1 Å². The molecule has 0 spiro atoms. The van der Waals surface area contributed by atoms with Gasteiger partial charge in [-0.05, 0) is 188 Å². The Bertz CT molecular complexity index is 3010. The lowest BCUT2D eigenvalue weighted by molar-refractivity contribution is -0.140. The van der Waals surface area contributed by atoms with Crippen molar-refractivity contribution in [2.45, 2.75) is 87.0 Å². The standard InChI is InChI=1S/C61H62O13/c1-31-14-42(24-40-10-12-54(72-28-56(66)67)48(26-40)59(44-16-36(6)50(62)20-32(44)2)45-17-37(7)51(63)21-33(45)3)61(74-30-58(70)71)43(15-31)25-41-11-13-55(73-29-57(68)69)49(27-41)60(46-18-38(8)52(64)22-34(46)4)47-19-39(9)53(65)23-35(47)5/h10-23,26-27,59-60,62-65H,24-25,28-30H2,1-9H3,(H,66,67)(H,68,69)(H,70,71). The molecule has 0 aliphatic carbocycles. The number of rotatable bonds is 19. The molecule has 7 N–H and O–H groups in total. The second kappa shape index (κ2) is 22.1. The van der Waals surface area contributed by atoms with Gasteiger partial charge >= 0.3 is 17.9 Å². The van der Waals surface area contributed by atoms with Crippen LogP contribution in [0.1, 0.15) is 118 Å². The molecule has 0 aliphatic heterocycles. The monoisotopic (exact) mass is 1000 g/mol. The second-order valence-corrected chi connectivity index (χ2v) is 19.4. The summed E-state index contributed by atoms with van der Waals surface area (Å²) < 4.78 is 18.3. The van der Waals surface area contributed by atoms with Crippen molar-refractivity contribution in [2.24, 2.45) is 0 Å². The molecule has 0 bridgehead atoms. The SMILES string of the molecule is Cc1cc(Cc2ccc(OCC(=O)O)c(C(c3cc(C)c(O)cc3C)c3cc(C)c(O)cc3C)c2)c(OCC(=O)O)c(Cc2ccc(OCC(=O)O)c(C(c3cc(C)c(O)cc3C)c3cc(C)c(O)cc3C)c2)c1. The number of aryl methyl sites for hydroxylation is 9. The summed E-state index contributed by atoms with van der Waals surface area (Å²) in [7, 11) is 0. The summed E-state index contributed by atoms with van der Waals surface area (Å²) in [6.07, 6.45) is 0.468. The number of ether oxygens (including phenoxy) is 3. The highest BCUT2D eigenvalue weighted by molar-refractivity contribution is 5.70. The third-order valence-electron chi connectivity index (χ3n) is 13.6. The molecule has 0 saturated carbocycles. The lowest BCUT2D eigenvalue weighted by Gasteiger charge is -2.27. The number of aromatic hydroxyl groups is 4. The Morgan fingerprint density at radius 3 is 0.973 bits per heavy atom. The van der Waals surface area contributed by atoms with Crippen molar-refractivity contribution in [1.82, 2.24) is 0 Å². The van der Waals surface area contributed by atoms with E-state index in [-0.39, 0.29) is 35.8 Å². The van der Waals surface area contributed by atoms with Crippen molar-refractivity contribution in [3.63, 3.8) is 0 Å². The number of phenolic OH excluding ortho intramolecular Hbond substituents is 4. The zero-order valence-electron chi connectivity index (χ0n) is 43.0. The minimum absolute atomic E-state index is 0.118. The molecule has 74 heavy (non-hydrogen) atoms. The molecule has 7 rings (SSSR count). The van der Waals surface area contributed by atoms with Crippen molar-refractivity contribution < 1.29 is 64.3 Å². The normalized spacial score (nSPS) is 11.3. The van der Waals surface area contributed by atoms with Gasteiger partial charge in [-0.15, -0.1) is 0 Å². The third kappa shape index (κ3) is 11.9. The first-order valence-corrected chi connectivity index (χ1v) is 24.1. The Kier molecular flexibility index (Phi) is 16.0. The van der Waals surface area contributed by atoms with Gasteiger partial charge in [0.25, 0.3) is 0 Å². The molecule has 13 nitrogen and oxygen atoms in total. The van der Waals surface area contributed by atoms with Crippen LogP contribution in [-0.2, 0) is 27.2 Å². The van der Waals surface area contributed by atoms with E-state index < -0.39 is 49.6 Å². The van der Waals surface area contributed by atoms with E-state index in [0.717, 1.165) is 61.2 Å². The molecule has 0 unspecified atom stereocenters. The fourth-order valence-electron chi connectivity index (χ4n) is 9.90. The lowest BCUT2D eigenvalue weighted by Crippen LogP contribution is -2.15. The first-order valence-electron chi connectivity index (χ1n) is 24.1. The topological polar surface area (TPSA) is 221 Å². The van der Waals surface area contributed by atoms with Crippen LogP contribution in [0.5, 0.6) is 40.2 Å². The number of aliphatic carboxylic acids is 3.